The highest BCUT2D eigenvalue weighted by Gasteiger charge is 2.57. The number of methoxy groups -OCH3 is 1. The van der Waals surface area contributed by atoms with Crippen molar-refractivity contribution in [3.8, 4) is 0 Å². The maximum absolute atomic E-state index is 10.6. The second-order valence-corrected chi connectivity index (χ2v) is 15.0. The van der Waals surface area contributed by atoms with Gasteiger partial charge in [-0.05, 0) is 90.1 Å². The SMILES string of the molecule is CO[C@@H]1C=C2C(=CC[C@]3(C)[C@@H]([C@H](C)/C=C/[C@H](C)C(C)C)CC[C@@H]23)[C@@]2(C)CC[C@H](O[C@@H]3O[C@H](CO)[C@@H](O)[C@H](O)[C@H]3O)C[C@H]12. The Hall–Kier alpha value is -1.06. The van der Waals surface area contributed by atoms with Gasteiger partial charge >= 0.3 is 0 Å². The first kappa shape index (κ1) is 32.3. The maximum Gasteiger partial charge on any atom is 0.186 e. The molecule has 1 heterocycles. The van der Waals surface area contributed by atoms with Gasteiger partial charge in [0.05, 0.1) is 18.8 Å². The van der Waals surface area contributed by atoms with Crippen molar-refractivity contribution in [2.24, 2.45) is 46.3 Å². The Morgan fingerprint density at radius 3 is 2.43 bits per heavy atom. The Bertz CT molecular complexity index is 1050. The number of fused-ring (bicyclic) bond motifs is 5. The molecular formula is C35H56O7. The van der Waals surface area contributed by atoms with Gasteiger partial charge in [-0.15, -0.1) is 0 Å². The Labute approximate surface area is 253 Å². The molecule has 7 nitrogen and oxygen atoms in total. The summed E-state index contributed by atoms with van der Waals surface area (Å²) in [5.74, 6) is 3.21. The average Bonchev–Trinajstić information content (AvgIpc) is 3.33. The number of ether oxygens (including phenoxy) is 3. The lowest BCUT2D eigenvalue weighted by Crippen LogP contribution is -2.60. The number of aliphatic hydroxyl groups excluding tert-OH is 4. The third-order valence-electron chi connectivity index (χ3n) is 12.4. The fourth-order valence-electron chi connectivity index (χ4n) is 9.19. The molecule has 7 heteroatoms. The van der Waals surface area contributed by atoms with Crippen LogP contribution >= 0.6 is 0 Å². The molecular weight excluding hydrogens is 532 g/mol. The van der Waals surface area contributed by atoms with Crippen LogP contribution in [0.1, 0.15) is 80.1 Å². The van der Waals surface area contributed by atoms with Crippen LogP contribution in [0.4, 0.5) is 0 Å². The lowest BCUT2D eigenvalue weighted by Gasteiger charge is -2.55. The average molecular weight is 589 g/mol. The molecule has 1 aliphatic heterocycles. The molecule has 0 aromatic heterocycles. The highest BCUT2D eigenvalue weighted by Crippen LogP contribution is 2.65. The molecule has 0 amide bonds. The molecule has 5 aliphatic rings. The van der Waals surface area contributed by atoms with Crippen LogP contribution < -0.4 is 0 Å². The number of hydrogen-bond donors (Lipinski definition) is 4. The van der Waals surface area contributed by atoms with Crippen LogP contribution in [0.25, 0.3) is 0 Å². The fraction of sp³-hybridized carbons (Fsp3) is 0.829. The predicted octanol–water partition coefficient (Wildman–Crippen LogP) is 4.78. The summed E-state index contributed by atoms with van der Waals surface area (Å²) in [6.45, 7) is 13.8. The first-order valence-electron chi connectivity index (χ1n) is 16.5. The minimum absolute atomic E-state index is 0.0301. The summed E-state index contributed by atoms with van der Waals surface area (Å²) in [7, 11) is 1.81. The number of rotatable bonds is 8. The Balaban J connectivity index is 1.34. The first-order chi connectivity index (χ1) is 19.8. The highest BCUT2D eigenvalue weighted by molar-refractivity contribution is 5.47. The summed E-state index contributed by atoms with van der Waals surface area (Å²) < 4.78 is 18.1. The summed E-state index contributed by atoms with van der Waals surface area (Å²) in [5, 5.41) is 40.6. The van der Waals surface area contributed by atoms with E-state index in [0.717, 1.165) is 25.7 Å². The monoisotopic (exact) mass is 588 g/mol. The highest BCUT2D eigenvalue weighted by atomic mass is 16.7. The zero-order valence-corrected chi connectivity index (χ0v) is 26.8. The third kappa shape index (κ3) is 5.50. The van der Waals surface area contributed by atoms with Gasteiger partial charge in [-0.3, -0.25) is 0 Å². The third-order valence-corrected chi connectivity index (χ3v) is 12.4. The molecule has 4 N–H and O–H groups in total. The van der Waals surface area contributed by atoms with Gasteiger partial charge in [0.2, 0.25) is 0 Å². The summed E-state index contributed by atoms with van der Waals surface area (Å²) in [4.78, 5) is 0. The molecule has 1 saturated heterocycles. The minimum atomic E-state index is -1.43. The summed E-state index contributed by atoms with van der Waals surface area (Å²) in [6, 6.07) is 0. The topological polar surface area (TPSA) is 109 Å². The quantitative estimate of drug-likeness (QED) is 0.302. The molecule has 0 radical (unpaired) electrons. The van der Waals surface area contributed by atoms with E-state index in [1.807, 2.05) is 0 Å². The molecule has 238 valence electrons. The van der Waals surface area contributed by atoms with Gasteiger partial charge in [-0.25, -0.2) is 0 Å². The second kappa shape index (κ2) is 12.4. The van der Waals surface area contributed by atoms with Crippen molar-refractivity contribution >= 4 is 0 Å². The minimum Gasteiger partial charge on any atom is -0.394 e. The van der Waals surface area contributed by atoms with E-state index in [-0.39, 0.29) is 29.0 Å². The van der Waals surface area contributed by atoms with E-state index in [9.17, 15) is 20.4 Å². The lowest BCUT2D eigenvalue weighted by molar-refractivity contribution is -0.315. The summed E-state index contributed by atoms with van der Waals surface area (Å²) in [6.07, 6.45) is 9.46. The number of allylic oxidation sites excluding steroid dienone is 5. The van der Waals surface area contributed by atoms with Gasteiger partial charge < -0.3 is 34.6 Å². The van der Waals surface area contributed by atoms with Gasteiger partial charge in [0.25, 0.3) is 0 Å². The molecule has 0 bridgehead atoms. The van der Waals surface area contributed by atoms with E-state index in [0.29, 0.717) is 29.6 Å². The molecule has 14 atom stereocenters. The molecule has 5 rings (SSSR count). The Morgan fingerprint density at radius 1 is 1.02 bits per heavy atom. The molecule has 0 aromatic rings. The van der Waals surface area contributed by atoms with Gasteiger partial charge in [0, 0.05) is 13.0 Å². The first-order valence-corrected chi connectivity index (χ1v) is 16.5. The van der Waals surface area contributed by atoms with Crippen molar-refractivity contribution in [3.63, 3.8) is 0 Å². The van der Waals surface area contributed by atoms with Gasteiger partial charge in [-0.1, -0.05) is 65.8 Å². The van der Waals surface area contributed by atoms with Crippen LogP contribution in [-0.4, -0.2) is 77.1 Å². The largest absolute Gasteiger partial charge is 0.394 e. The van der Waals surface area contributed by atoms with E-state index in [4.69, 9.17) is 14.2 Å². The van der Waals surface area contributed by atoms with Gasteiger partial charge in [-0.2, -0.15) is 0 Å². The Morgan fingerprint density at radius 2 is 1.76 bits per heavy atom. The zero-order valence-electron chi connectivity index (χ0n) is 26.8. The van der Waals surface area contributed by atoms with Crippen molar-refractivity contribution in [3.05, 3.63) is 35.5 Å². The van der Waals surface area contributed by atoms with Gasteiger partial charge in [0.15, 0.2) is 6.29 Å². The van der Waals surface area contributed by atoms with Crippen molar-refractivity contribution in [2.45, 2.75) is 123 Å². The van der Waals surface area contributed by atoms with Gasteiger partial charge in [0.1, 0.15) is 24.4 Å². The van der Waals surface area contributed by atoms with Crippen molar-refractivity contribution in [2.75, 3.05) is 13.7 Å². The second-order valence-electron chi connectivity index (χ2n) is 15.0. The molecule has 4 aliphatic carbocycles. The molecule has 0 spiro atoms. The van der Waals surface area contributed by atoms with E-state index >= 15 is 0 Å². The summed E-state index contributed by atoms with van der Waals surface area (Å²) >= 11 is 0. The molecule has 42 heavy (non-hydrogen) atoms. The van der Waals surface area contributed by atoms with Crippen LogP contribution in [0, 0.1) is 46.3 Å². The zero-order chi connectivity index (χ0) is 30.6. The van der Waals surface area contributed by atoms with Crippen LogP contribution in [0.5, 0.6) is 0 Å². The van der Waals surface area contributed by atoms with Crippen LogP contribution in [0.3, 0.4) is 0 Å². The molecule has 2 saturated carbocycles. The molecule has 3 fully saturated rings. The van der Waals surface area contributed by atoms with Crippen molar-refractivity contribution < 1.29 is 34.6 Å². The molecule has 0 aromatic carbocycles. The summed E-state index contributed by atoms with van der Waals surface area (Å²) in [5.41, 5.74) is 3.23. The normalized spacial score (nSPS) is 47.0. The number of hydrogen-bond acceptors (Lipinski definition) is 7. The van der Waals surface area contributed by atoms with Crippen molar-refractivity contribution in [1.29, 1.82) is 0 Å². The lowest BCUT2D eigenvalue weighted by atomic mass is 9.51. The maximum atomic E-state index is 10.6. The van der Waals surface area contributed by atoms with Crippen LogP contribution in [0.2, 0.25) is 0 Å². The van der Waals surface area contributed by atoms with E-state index < -0.39 is 37.3 Å². The van der Waals surface area contributed by atoms with E-state index in [2.05, 4.69) is 65.8 Å². The number of aliphatic hydroxyl groups is 4. The molecule has 0 unspecified atom stereocenters. The van der Waals surface area contributed by atoms with E-state index in [1.165, 1.54) is 24.0 Å². The smallest absolute Gasteiger partial charge is 0.186 e. The van der Waals surface area contributed by atoms with E-state index in [1.54, 1.807) is 7.11 Å². The fourth-order valence-corrected chi connectivity index (χ4v) is 9.19. The Kier molecular flexibility index (Phi) is 9.53. The standard InChI is InChI=1S/C35H56O7/c1-19(2)20(3)8-9-21(4)24-10-11-25-23-17-28(40-7)27-16-22(12-14-35(27,6)26(23)13-15-34(24,25)5)41-33-32(39)31(38)30(37)29(18-36)42-33/h8-9,13,17,19-22,24-25,27-33,36-39H,10-12,14-16,18H2,1-7H3/b9-8+/t20-,21+,22-,24+,25-,27+,28+,29+,30+,31-,32+,33+,34+,35+/m0/s1. The van der Waals surface area contributed by atoms with Crippen LogP contribution in [0.15, 0.2) is 35.5 Å². The van der Waals surface area contributed by atoms with Crippen LogP contribution in [-0.2, 0) is 14.2 Å². The van der Waals surface area contributed by atoms with Crippen molar-refractivity contribution in [1.82, 2.24) is 0 Å². The predicted molar refractivity (Wildman–Crippen MR) is 162 cm³/mol.